The van der Waals surface area contributed by atoms with Gasteiger partial charge in [0.15, 0.2) is 5.78 Å². The Morgan fingerprint density at radius 1 is 1.35 bits per heavy atom. The lowest BCUT2D eigenvalue weighted by Crippen LogP contribution is -2.04. The predicted octanol–water partition coefficient (Wildman–Crippen LogP) is 4.90. The highest BCUT2D eigenvalue weighted by molar-refractivity contribution is 9.11. The number of benzene rings is 1. The first-order valence-electron chi connectivity index (χ1n) is 5.10. The summed E-state index contributed by atoms with van der Waals surface area (Å²) in [7, 11) is 0. The quantitative estimate of drug-likeness (QED) is 0.732. The van der Waals surface area contributed by atoms with Gasteiger partial charge in [-0.05, 0) is 58.7 Å². The molecule has 88 valence electrons. The highest BCUT2D eigenvalue weighted by Crippen LogP contribution is 2.24. The van der Waals surface area contributed by atoms with Gasteiger partial charge in [-0.15, -0.1) is 11.3 Å². The third-order valence-corrected chi connectivity index (χ3v) is 4.31. The van der Waals surface area contributed by atoms with Crippen LogP contribution in [0.25, 0.3) is 0 Å². The molecule has 0 saturated heterocycles. The van der Waals surface area contributed by atoms with Gasteiger partial charge in [0.25, 0.3) is 0 Å². The normalized spacial score (nSPS) is 10.5. The van der Waals surface area contributed by atoms with Crippen LogP contribution in [0, 0.1) is 6.92 Å². The number of rotatable bonds is 3. The molecule has 0 unspecified atom stereocenters. The van der Waals surface area contributed by atoms with Crippen molar-refractivity contribution in [2.24, 2.45) is 0 Å². The number of halogens is 2. The molecule has 0 aliphatic rings. The number of hydrogen-bond acceptors (Lipinski definition) is 2. The second-order valence-corrected chi connectivity index (χ2v) is 6.75. The monoisotopic (exact) mass is 328 g/mol. The van der Waals surface area contributed by atoms with Crippen LogP contribution in [0.3, 0.4) is 0 Å². The summed E-state index contributed by atoms with van der Waals surface area (Å²) in [6.07, 6.45) is 0.443. The van der Waals surface area contributed by atoms with E-state index in [1.54, 1.807) is 23.5 Å². The highest BCUT2D eigenvalue weighted by atomic mass is 79.9. The van der Waals surface area contributed by atoms with Gasteiger partial charge in [0.05, 0.1) is 3.79 Å². The molecular formula is C13H10BrClOS. The van der Waals surface area contributed by atoms with Gasteiger partial charge in [0, 0.05) is 21.9 Å². The van der Waals surface area contributed by atoms with E-state index in [1.165, 1.54) is 0 Å². The second-order valence-electron chi connectivity index (χ2n) is 3.77. The number of ketones is 1. The summed E-state index contributed by atoms with van der Waals surface area (Å²) in [6.45, 7) is 1.91. The fourth-order valence-electron chi connectivity index (χ4n) is 1.64. The minimum Gasteiger partial charge on any atom is -0.294 e. The maximum atomic E-state index is 12.1. The molecule has 1 nitrogen and oxygen atoms in total. The largest absolute Gasteiger partial charge is 0.294 e. The molecule has 4 heteroatoms. The maximum Gasteiger partial charge on any atom is 0.168 e. The van der Waals surface area contributed by atoms with Crippen molar-refractivity contribution in [1.29, 1.82) is 0 Å². The molecule has 0 aliphatic carbocycles. The van der Waals surface area contributed by atoms with Crippen molar-refractivity contribution < 1.29 is 4.79 Å². The molecule has 1 heterocycles. The Balaban J connectivity index is 2.20. The van der Waals surface area contributed by atoms with Crippen LogP contribution in [0.4, 0.5) is 0 Å². The summed E-state index contributed by atoms with van der Waals surface area (Å²) >= 11 is 10.9. The number of aryl methyl sites for hydroxylation is 1. The molecule has 0 spiro atoms. The average Bonchev–Trinajstić information content (AvgIpc) is 2.63. The summed E-state index contributed by atoms with van der Waals surface area (Å²) < 4.78 is 1.05. The molecule has 1 aromatic heterocycles. The average molecular weight is 330 g/mol. The van der Waals surface area contributed by atoms with Crippen molar-refractivity contribution in [2.45, 2.75) is 13.3 Å². The SMILES string of the molecule is Cc1cc(Cl)ccc1C(=O)Cc1ccc(Br)s1. The summed E-state index contributed by atoms with van der Waals surface area (Å²) in [6, 6.07) is 9.30. The molecule has 17 heavy (non-hydrogen) atoms. The Bertz CT molecular complexity index is 562. The van der Waals surface area contributed by atoms with Gasteiger partial charge >= 0.3 is 0 Å². The summed E-state index contributed by atoms with van der Waals surface area (Å²) in [5, 5.41) is 0.665. The standard InChI is InChI=1S/C13H10BrClOS/c1-8-6-9(15)2-4-11(8)12(16)7-10-3-5-13(14)17-10/h2-6H,7H2,1H3. The zero-order chi connectivity index (χ0) is 12.4. The van der Waals surface area contributed by atoms with Gasteiger partial charge in [-0.2, -0.15) is 0 Å². The number of thiophene rings is 1. The third-order valence-electron chi connectivity index (χ3n) is 2.45. The first-order chi connectivity index (χ1) is 8.06. The number of Topliss-reactive ketones (excluding diaryl/α,β-unsaturated/α-hetero) is 1. The first-order valence-corrected chi connectivity index (χ1v) is 7.08. The Morgan fingerprint density at radius 3 is 2.71 bits per heavy atom. The van der Waals surface area contributed by atoms with Crippen LogP contribution in [0.15, 0.2) is 34.1 Å². The van der Waals surface area contributed by atoms with E-state index in [4.69, 9.17) is 11.6 Å². The van der Waals surface area contributed by atoms with Gasteiger partial charge in [-0.3, -0.25) is 4.79 Å². The highest BCUT2D eigenvalue weighted by Gasteiger charge is 2.11. The molecule has 0 N–H and O–H groups in total. The number of carbonyl (C=O) groups is 1. The topological polar surface area (TPSA) is 17.1 Å². The fourth-order valence-corrected chi connectivity index (χ4v) is 3.35. The number of hydrogen-bond donors (Lipinski definition) is 0. The Morgan fingerprint density at radius 2 is 2.12 bits per heavy atom. The van der Waals surface area contributed by atoms with E-state index in [0.29, 0.717) is 11.4 Å². The van der Waals surface area contributed by atoms with Crippen LogP contribution in [-0.2, 0) is 6.42 Å². The van der Waals surface area contributed by atoms with Crippen molar-refractivity contribution in [2.75, 3.05) is 0 Å². The molecule has 0 amide bonds. The fraction of sp³-hybridized carbons (Fsp3) is 0.154. The van der Waals surface area contributed by atoms with E-state index in [9.17, 15) is 4.79 Å². The molecule has 2 aromatic rings. The van der Waals surface area contributed by atoms with Crippen LogP contribution in [0.1, 0.15) is 20.8 Å². The number of carbonyl (C=O) groups excluding carboxylic acids is 1. The molecule has 1 aromatic carbocycles. The molecule has 0 saturated carbocycles. The zero-order valence-corrected chi connectivity index (χ0v) is 12.3. The Kier molecular flexibility index (Phi) is 4.02. The second kappa shape index (κ2) is 5.34. The maximum absolute atomic E-state index is 12.1. The molecular weight excluding hydrogens is 320 g/mol. The first kappa shape index (κ1) is 12.8. The van der Waals surface area contributed by atoms with Crippen molar-refractivity contribution in [3.8, 4) is 0 Å². The lowest BCUT2D eigenvalue weighted by atomic mass is 10.0. The van der Waals surface area contributed by atoms with E-state index in [1.807, 2.05) is 25.1 Å². The minimum absolute atomic E-state index is 0.133. The zero-order valence-electron chi connectivity index (χ0n) is 9.17. The molecule has 2 rings (SSSR count). The Labute approximate surface area is 118 Å². The summed E-state index contributed by atoms with van der Waals surface area (Å²) in [4.78, 5) is 13.2. The molecule has 0 atom stereocenters. The summed E-state index contributed by atoms with van der Waals surface area (Å²) in [5.74, 6) is 0.133. The van der Waals surface area contributed by atoms with Crippen molar-refractivity contribution >= 4 is 44.7 Å². The van der Waals surface area contributed by atoms with Crippen LogP contribution < -0.4 is 0 Å². The molecule has 0 aliphatic heterocycles. The van der Waals surface area contributed by atoms with Gasteiger partial charge in [-0.25, -0.2) is 0 Å². The van der Waals surface area contributed by atoms with E-state index < -0.39 is 0 Å². The van der Waals surface area contributed by atoms with Crippen LogP contribution in [0.5, 0.6) is 0 Å². The van der Waals surface area contributed by atoms with Gasteiger partial charge in [0.2, 0.25) is 0 Å². The van der Waals surface area contributed by atoms with Crippen LogP contribution >= 0.6 is 38.9 Å². The minimum atomic E-state index is 0.133. The van der Waals surface area contributed by atoms with Crippen molar-refractivity contribution in [3.63, 3.8) is 0 Å². The molecule has 0 fully saturated rings. The predicted molar refractivity (Wildman–Crippen MR) is 76.2 cm³/mol. The van der Waals surface area contributed by atoms with E-state index in [0.717, 1.165) is 19.8 Å². The van der Waals surface area contributed by atoms with Crippen molar-refractivity contribution in [1.82, 2.24) is 0 Å². The van der Waals surface area contributed by atoms with Gasteiger partial charge < -0.3 is 0 Å². The van der Waals surface area contributed by atoms with E-state index in [-0.39, 0.29) is 5.78 Å². The summed E-state index contributed by atoms with van der Waals surface area (Å²) in [5.41, 5.74) is 1.68. The van der Waals surface area contributed by atoms with Crippen LogP contribution in [0.2, 0.25) is 5.02 Å². The lowest BCUT2D eigenvalue weighted by Gasteiger charge is -2.04. The van der Waals surface area contributed by atoms with Gasteiger partial charge in [-0.1, -0.05) is 11.6 Å². The van der Waals surface area contributed by atoms with Crippen molar-refractivity contribution in [3.05, 3.63) is 55.1 Å². The lowest BCUT2D eigenvalue weighted by molar-refractivity contribution is 0.0993. The van der Waals surface area contributed by atoms with Crippen LogP contribution in [-0.4, -0.2) is 5.78 Å². The van der Waals surface area contributed by atoms with Gasteiger partial charge in [0.1, 0.15) is 0 Å². The van der Waals surface area contributed by atoms with E-state index >= 15 is 0 Å². The molecule has 0 bridgehead atoms. The third kappa shape index (κ3) is 3.18. The molecule has 0 radical (unpaired) electrons. The van der Waals surface area contributed by atoms with E-state index in [2.05, 4.69) is 15.9 Å². The Hall–Kier alpha value is -0.640. The smallest absolute Gasteiger partial charge is 0.168 e.